The van der Waals surface area contributed by atoms with Crippen LogP contribution in [0.3, 0.4) is 0 Å². The van der Waals surface area contributed by atoms with E-state index in [0.29, 0.717) is 19.6 Å². The SMILES string of the molecule is CC(C)(N)CC(C)(N)C(C)(C)C(=O)OCCCCCCOc1ccc2c(c1)C=C(c1ccccc1)CCC2. The third-order valence-electron chi connectivity index (χ3n) is 7.79. The fraction of sp³-hybridized carbons (Fsp3) is 0.545. The first-order valence-corrected chi connectivity index (χ1v) is 14.2. The number of rotatable bonds is 13. The number of unbranched alkanes of at least 4 members (excludes halogenated alkanes) is 3. The van der Waals surface area contributed by atoms with E-state index in [-0.39, 0.29) is 5.97 Å². The van der Waals surface area contributed by atoms with E-state index in [1.165, 1.54) is 22.3 Å². The van der Waals surface area contributed by atoms with Crippen LogP contribution in [0.25, 0.3) is 11.6 Å². The molecule has 0 amide bonds. The van der Waals surface area contributed by atoms with E-state index in [4.69, 9.17) is 20.9 Å². The molecule has 2 aromatic rings. The lowest BCUT2D eigenvalue weighted by Gasteiger charge is -2.42. The molecule has 5 nitrogen and oxygen atoms in total. The van der Waals surface area contributed by atoms with Crippen molar-refractivity contribution in [1.82, 2.24) is 0 Å². The van der Waals surface area contributed by atoms with Gasteiger partial charge in [0.2, 0.25) is 0 Å². The van der Waals surface area contributed by atoms with Crippen LogP contribution < -0.4 is 16.2 Å². The summed E-state index contributed by atoms with van der Waals surface area (Å²) in [5.41, 5.74) is 16.0. The minimum Gasteiger partial charge on any atom is -0.494 e. The van der Waals surface area contributed by atoms with Gasteiger partial charge in [0.1, 0.15) is 5.75 Å². The Hall–Kier alpha value is -2.63. The number of nitrogens with two attached hydrogens (primary N) is 2. The van der Waals surface area contributed by atoms with Gasteiger partial charge in [-0.05, 0) is 120 Å². The second-order valence-corrected chi connectivity index (χ2v) is 12.4. The van der Waals surface area contributed by atoms with E-state index < -0.39 is 16.5 Å². The fourth-order valence-corrected chi connectivity index (χ4v) is 5.13. The van der Waals surface area contributed by atoms with Gasteiger partial charge in [-0.3, -0.25) is 4.79 Å². The van der Waals surface area contributed by atoms with E-state index in [2.05, 4.69) is 54.6 Å². The van der Waals surface area contributed by atoms with E-state index in [0.717, 1.165) is 50.7 Å². The Bertz CT molecular complexity index is 1080. The highest BCUT2D eigenvalue weighted by Crippen LogP contribution is 2.36. The van der Waals surface area contributed by atoms with Crippen molar-refractivity contribution in [2.45, 2.75) is 97.1 Å². The first-order chi connectivity index (χ1) is 17.9. The van der Waals surface area contributed by atoms with Gasteiger partial charge in [-0.25, -0.2) is 0 Å². The lowest BCUT2D eigenvalue weighted by molar-refractivity contribution is -0.158. The van der Waals surface area contributed by atoms with Crippen LogP contribution in [0.1, 0.15) is 96.3 Å². The number of hydrogen-bond acceptors (Lipinski definition) is 5. The maximum Gasteiger partial charge on any atom is 0.313 e. The second kappa shape index (κ2) is 12.9. The molecule has 5 heteroatoms. The normalized spacial score (nSPS) is 15.6. The van der Waals surface area contributed by atoms with Gasteiger partial charge in [-0.2, -0.15) is 0 Å². The average molecular weight is 521 g/mol. The van der Waals surface area contributed by atoms with Crippen molar-refractivity contribution in [3.05, 3.63) is 65.2 Å². The number of fused-ring (bicyclic) bond motifs is 1. The zero-order valence-electron chi connectivity index (χ0n) is 24.1. The van der Waals surface area contributed by atoms with Crippen LogP contribution in [0.15, 0.2) is 48.5 Å². The van der Waals surface area contributed by atoms with Gasteiger partial charge in [-0.1, -0.05) is 42.5 Å². The Morgan fingerprint density at radius 1 is 0.868 bits per heavy atom. The maximum absolute atomic E-state index is 12.7. The van der Waals surface area contributed by atoms with E-state index in [1.54, 1.807) is 0 Å². The molecule has 1 aliphatic rings. The van der Waals surface area contributed by atoms with Crippen LogP contribution in [-0.4, -0.2) is 30.3 Å². The number of ether oxygens (including phenoxy) is 2. The summed E-state index contributed by atoms with van der Waals surface area (Å²) < 4.78 is 11.7. The van der Waals surface area contributed by atoms with E-state index in [1.807, 2.05) is 34.6 Å². The highest BCUT2D eigenvalue weighted by molar-refractivity contribution is 5.83. The quantitative estimate of drug-likeness (QED) is 0.221. The van der Waals surface area contributed by atoms with Crippen LogP contribution in [0.5, 0.6) is 5.75 Å². The molecule has 1 unspecified atom stereocenters. The summed E-state index contributed by atoms with van der Waals surface area (Å²) >= 11 is 0. The van der Waals surface area contributed by atoms with E-state index >= 15 is 0 Å². The number of allylic oxidation sites excluding steroid dienone is 1. The van der Waals surface area contributed by atoms with Crippen LogP contribution in [0.2, 0.25) is 0 Å². The molecule has 0 radical (unpaired) electrons. The second-order valence-electron chi connectivity index (χ2n) is 12.4. The van der Waals surface area contributed by atoms with Crippen molar-refractivity contribution in [3.8, 4) is 5.75 Å². The lowest BCUT2D eigenvalue weighted by Crippen LogP contribution is -2.59. The molecule has 0 aromatic heterocycles. The minimum atomic E-state index is -0.817. The zero-order valence-corrected chi connectivity index (χ0v) is 24.1. The molecule has 0 fully saturated rings. The molecule has 38 heavy (non-hydrogen) atoms. The van der Waals surface area contributed by atoms with Gasteiger partial charge in [0.05, 0.1) is 18.6 Å². The summed E-state index contributed by atoms with van der Waals surface area (Å²) in [6.45, 7) is 10.5. The molecule has 0 saturated carbocycles. The Balaban J connectivity index is 1.39. The summed E-state index contributed by atoms with van der Waals surface area (Å²) in [6.07, 6.45) is 10.0. The van der Waals surface area contributed by atoms with Gasteiger partial charge >= 0.3 is 5.97 Å². The third kappa shape index (κ3) is 8.44. The number of carbonyl (C=O) groups is 1. The zero-order chi connectivity index (χ0) is 27.8. The molecule has 4 N–H and O–H groups in total. The highest BCUT2D eigenvalue weighted by atomic mass is 16.5. The molecular weight excluding hydrogens is 472 g/mol. The van der Waals surface area contributed by atoms with Crippen LogP contribution in [-0.2, 0) is 16.0 Å². The Morgan fingerprint density at radius 3 is 2.24 bits per heavy atom. The van der Waals surface area contributed by atoms with Crippen molar-refractivity contribution < 1.29 is 14.3 Å². The van der Waals surface area contributed by atoms with Crippen molar-refractivity contribution in [3.63, 3.8) is 0 Å². The Kier molecular flexibility index (Phi) is 10.2. The Morgan fingerprint density at radius 2 is 1.55 bits per heavy atom. The molecule has 208 valence electrons. The topological polar surface area (TPSA) is 87.6 Å². The molecule has 0 spiro atoms. The number of aryl methyl sites for hydroxylation is 1. The van der Waals surface area contributed by atoms with Crippen molar-refractivity contribution >= 4 is 17.6 Å². The van der Waals surface area contributed by atoms with Gasteiger partial charge in [0.15, 0.2) is 0 Å². The first-order valence-electron chi connectivity index (χ1n) is 14.2. The van der Waals surface area contributed by atoms with Gasteiger partial charge in [-0.15, -0.1) is 0 Å². The molecule has 1 aliphatic carbocycles. The van der Waals surface area contributed by atoms with Gasteiger partial charge < -0.3 is 20.9 Å². The van der Waals surface area contributed by atoms with Crippen molar-refractivity contribution in [2.24, 2.45) is 16.9 Å². The predicted molar refractivity (Wildman–Crippen MR) is 158 cm³/mol. The summed E-state index contributed by atoms with van der Waals surface area (Å²) in [6, 6.07) is 17.1. The number of hydrogen-bond donors (Lipinski definition) is 2. The highest BCUT2D eigenvalue weighted by Gasteiger charge is 2.46. The predicted octanol–water partition coefficient (Wildman–Crippen LogP) is 6.92. The van der Waals surface area contributed by atoms with Crippen molar-refractivity contribution in [2.75, 3.05) is 13.2 Å². The minimum absolute atomic E-state index is 0.261. The molecule has 0 saturated heterocycles. The molecular formula is C33H48N2O3. The average Bonchev–Trinajstić information content (AvgIpc) is 3.06. The van der Waals surface area contributed by atoms with Crippen LogP contribution in [0.4, 0.5) is 0 Å². The van der Waals surface area contributed by atoms with Crippen LogP contribution in [0, 0.1) is 5.41 Å². The summed E-state index contributed by atoms with van der Waals surface area (Å²) in [5, 5.41) is 0. The maximum atomic E-state index is 12.7. The largest absolute Gasteiger partial charge is 0.494 e. The third-order valence-corrected chi connectivity index (χ3v) is 7.79. The number of esters is 1. The molecule has 2 aromatic carbocycles. The van der Waals surface area contributed by atoms with Crippen LogP contribution >= 0.6 is 0 Å². The molecule has 3 rings (SSSR count). The molecule has 1 atom stereocenters. The number of benzene rings is 2. The molecule has 0 bridgehead atoms. The monoisotopic (exact) mass is 520 g/mol. The lowest BCUT2D eigenvalue weighted by atomic mass is 9.68. The summed E-state index contributed by atoms with van der Waals surface area (Å²) in [7, 11) is 0. The van der Waals surface area contributed by atoms with E-state index in [9.17, 15) is 4.79 Å². The summed E-state index contributed by atoms with van der Waals surface area (Å²) in [5.74, 6) is 0.665. The smallest absolute Gasteiger partial charge is 0.313 e. The standard InChI is InChI=1S/C33H48N2O3/c1-31(2,34)24-33(5,35)32(3,4)30(36)38-21-12-7-6-11-20-37-29-19-18-26-16-13-17-27(22-28(26)23-29)25-14-9-8-10-15-25/h8-10,14-15,18-19,22-23H,6-7,11-13,16-17,20-21,24,34-35H2,1-5H3. The summed E-state index contributed by atoms with van der Waals surface area (Å²) in [4.78, 5) is 12.7. The van der Waals surface area contributed by atoms with Gasteiger partial charge in [0, 0.05) is 11.1 Å². The molecule has 0 aliphatic heterocycles. The number of carbonyl (C=O) groups excluding carboxylic acids is 1. The first kappa shape index (κ1) is 29.9. The molecule has 0 heterocycles. The Labute approximate surface area is 230 Å². The fourth-order valence-electron chi connectivity index (χ4n) is 5.13. The van der Waals surface area contributed by atoms with Gasteiger partial charge in [0.25, 0.3) is 0 Å². The van der Waals surface area contributed by atoms with Crippen molar-refractivity contribution in [1.29, 1.82) is 0 Å².